The van der Waals surface area contributed by atoms with Crippen molar-refractivity contribution in [3.05, 3.63) is 42.5 Å². The van der Waals surface area contributed by atoms with Crippen LogP contribution in [0.25, 0.3) is 11.0 Å². The number of piperazine rings is 1. The Morgan fingerprint density at radius 2 is 1.64 bits per heavy atom. The van der Waals surface area contributed by atoms with E-state index in [1.165, 1.54) is 0 Å². The summed E-state index contributed by atoms with van der Waals surface area (Å²) in [5.41, 5.74) is -0.168. The lowest BCUT2D eigenvalue weighted by atomic mass is 10.2. The smallest absolute Gasteiger partial charge is 0.433 e. The van der Waals surface area contributed by atoms with E-state index in [0.717, 1.165) is 29.1 Å². The van der Waals surface area contributed by atoms with Gasteiger partial charge in [0.05, 0.1) is 11.6 Å². The second kappa shape index (κ2) is 5.91. The minimum atomic E-state index is -4.47. The summed E-state index contributed by atoms with van der Waals surface area (Å²) in [4.78, 5) is 15.9. The van der Waals surface area contributed by atoms with Crippen molar-refractivity contribution in [2.24, 2.45) is 0 Å². The first-order valence-corrected chi connectivity index (χ1v) is 7.75. The van der Waals surface area contributed by atoms with E-state index < -0.39 is 11.9 Å². The Labute approximate surface area is 140 Å². The minimum absolute atomic E-state index is 0.101. The lowest BCUT2D eigenvalue weighted by molar-refractivity contribution is -0.141. The highest BCUT2D eigenvalue weighted by atomic mass is 19.4. The topological polar surface area (TPSA) is 58.3 Å². The number of furan rings is 1. The predicted octanol–water partition coefficient (Wildman–Crippen LogP) is 2.96. The Balaban J connectivity index is 1.51. The molecule has 1 saturated heterocycles. The predicted molar refractivity (Wildman–Crippen MR) is 85.5 cm³/mol. The summed E-state index contributed by atoms with van der Waals surface area (Å²) in [6, 6.07) is 4.54. The van der Waals surface area contributed by atoms with E-state index in [-0.39, 0.29) is 5.95 Å². The Morgan fingerprint density at radius 1 is 0.920 bits per heavy atom. The standard InChI is InChI=1S/C16H14F3N5O/c17-16(18,19)13-2-5-21-15(22-13)24-8-6-23(7-9-24)14-11-3-10-25-12(11)1-4-20-14/h1-5,10H,6-9H2. The highest BCUT2D eigenvalue weighted by Gasteiger charge is 2.33. The lowest BCUT2D eigenvalue weighted by Gasteiger charge is -2.35. The van der Waals surface area contributed by atoms with E-state index in [1.807, 2.05) is 6.07 Å². The summed E-state index contributed by atoms with van der Waals surface area (Å²) >= 11 is 0. The van der Waals surface area contributed by atoms with Crippen LogP contribution in [0.15, 0.2) is 41.3 Å². The molecule has 1 fully saturated rings. The zero-order chi connectivity index (χ0) is 17.4. The fraction of sp³-hybridized carbons (Fsp3) is 0.312. The molecule has 1 aliphatic rings. The molecule has 0 aromatic carbocycles. The van der Waals surface area contributed by atoms with Crippen LogP contribution in [-0.2, 0) is 6.18 Å². The Bertz CT molecular complexity index is 887. The van der Waals surface area contributed by atoms with Crippen LogP contribution < -0.4 is 9.80 Å². The van der Waals surface area contributed by atoms with Crippen LogP contribution >= 0.6 is 0 Å². The largest absolute Gasteiger partial charge is 0.464 e. The van der Waals surface area contributed by atoms with Crippen molar-refractivity contribution in [1.82, 2.24) is 15.0 Å². The molecule has 0 bridgehead atoms. The van der Waals surface area contributed by atoms with Gasteiger partial charge in [-0.15, -0.1) is 0 Å². The second-order valence-electron chi connectivity index (χ2n) is 5.68. The molecule has 0 spiro atoms. The first kappa shape index (κ1) is 15.7. The van der Waals surface area contributed by atoms with Gasteiger partial charge in [0.1, 0.15) is 17.1 Å². The van der Waals surface area contributed by atoms with Gasteiger partial charge in [-0.3, -0.25) is 0 Å². The number of halogens is 3. The van der Waals surface area contributed by atoms with Crippen molar-refractivity contribution >= 4 is 22.7 Å². The average Bonchev–Trinajstić information content (AvgIpc) is 3.10. The molecule has 3 aromatic rings. The third kappa shape index (κ3) is 2.97. The van der Waals surface area contributed by atoms with Crippen LogP contribution in [0.5, 0.6) is 0 Å². The maximum atomic E-state index is 12.8. The number of rotatable bonds is 2. The number of anilines is 2. The van der Waals surface area contributed by atoms with Gasteiger partial charge in [-0.05, 0) is 18.2 Å². The van der Waals surface area contributed by atoms with Crippen LogP contribution in [0.3, 0.4) is 0 Å². The maximum Gasteiger partial charge on any atom is 0.433 e. The first-order valence-electron chi connectivity index (χ1n) is 7.75. The average molecular weight is 349 g/mol. The number of alkyl halides is 3. The molecule has 25 heavy (non-hydrogen) atoms. The third-order valence-electron chi connectivity index (χ3n) is 4.15. The summed E-state index contributed by atoms with van der Waals surface area (Å²) in [5, 5.41) is 0.922. The highest BCUT2D eigenvalue weighted by molar-refractivity contribution is 5.88. The summed E-state index contributed by atoms with van der Waals surface area (Å²) in [6.45, 7) is 2.24. The normalized spacial score (nSPS) is 15.8. The monoisotopic (exact) mass is 349 g/mol. The van der Waals surface area contributed by atoms with E-state index in [2.05, 4.69) is 19.9 Å². The van der Waals surface area contributed by atoms with Gasteiger partial charge in [0, 0.05) is 38.6 Å². The molecule has 1 aliphatic heterocycles. The molecule has 130 valence electrons. The molecule has 0 saturated carbocycles. The van der Waals surface area contributed by atoms with E-state index in [1.54, 1.807) is 23.4 Å². The third-order valence-corrected chi connectivity index (χ3v) is 4.15. The van der Waals surface area contributed by atoms with Crippen molar-refractivity contribution in [3.63, 3.8) is 0 Å². The number of aromatic nitrogens is 3. The van der Waals surface area contributed by atoms with Crippen LogP contribution in [0.1, 0.15) is 5.69 Å². The zero-order valence-corrected chi connectivity index (χ0v) is 13.1. The quantitative estimate of drug-likeness (QED) is 0.709. The van der Waals surface area contributed by atoms with E-state index >= 15 is 0 Å². The van der Waals surface area contributed by atoms with E-state index in [0.29, 0.717) is 26.2 Å². The maximum absolute atomic E-state index is 12.8. The molecular weight excluding hydrogens is 335 g/mol. The molecule has 3 aromatic heterocycles. The fourth-order valence-corrected chi connectivity index (χ4v) is 2.91. The summed E-state index contributed by atoms with van der Waals surface area (Å²) in [7, 11) is 0. The van der Waals surface area contributed by atoms with Crippen LogP contribution in [-0.4, -0.2) is 41.1 Å². The molecule has 0 atom stereocenters. The SMILES string of the molecule is FC(F)(F)c1ccnc(N2CCN(c3nccc4occc34)CC2)n1. The molecular formula is C16H14F3N5O. The van der Waals surface area contributed by atoms with Gasteiger partial charge in [-0.25, -0.2) is 15.0 Å². The van der Waals surface area contributed by atoms with Gasteiger partial charge >= 0.3 is 6.18 Å². The van der Waals surface area contributed by atoms with Gasteiger partial charge in [0.2, 0.25) is 5.95 Å². The Kier molecular flexibility index (Phi) is 3.70. The molecule has 4 heterocycles. The number of pyridine rings is 1. The summed E-state index contributed by atoms with van der Waals surface area (Å²) < 4.78 is 43.8. The minimum Gasteiger partial charge on any atom is -0.464 e. The molecule has 0 radical (unpaired) electrons. The Morgan fingerprint density at radius 3 is 2.40 bits per heavy atom. The first-order chi connectivity index (χ1) is 12.0. The summed E-state index contributed by atoms with van der Waals surface area (Å²) in [5.74, 6) is 0.916. The molecule has 6 nitrogen and oxygen atoms in total. The highest BCUT2D eigenvalue weighted by Crippen LogP contribution is 2.29. The van der Waals surface area contributed by atoms with Crippen LogP contribution in [0, 0.1) is 0 Å². The number of hydrogen-bond acceptors (Lipinski definition) is 6. The second-order valence-corrected chi connectivity index (χ2v) is 5.68. The number of nitrogens with zero attached hydrogens (tertiary/aromatic N) is 5. The van der Waals surface area contributed by atoms with Gasteiger partial charge < -0.3 is 14.2 Å². The van der Waals surface area contributed by atoms with Crippen LogP contribution in [0.2, 0.25) is 0 Å². The number of hydrogen-bond donors (Lipinski definition) is 0. The number of fused-ring (bicyclic) bond motifs is 1. The van der Waals surface area contributed by atoms with Crippen molar-refractivity contribution in [1.29, 1.82) is 0 Å². The zero-order valence-electron chi connectivity index (χ0n) is 13.1. The molecule has 9 heteroatoms. The lowest BCUT2D eigenvalue weighted by Crippen LogP contribution is -2.47. The molecule has 0 amide bonds. The molecule has 0 N–H and O–H groups in total. The van der Waals surface area contributed by atoms with Crippen molar-refractivity contribution in [3.8, 4) is 0 Å². The van der Waals surface area contributed by atoms with E-state index in [9.17, 15) is 13.2 Å². The molecule has 0 unspecified atom stereocenters. The van der Waals surface area contributed by atoms with Gasteiger partial charge in [-0.1, -0.05) is 0 Å². The van der Waals surface area contributed by atoms with Crippen molar-refractivity contribution in [2.75, 3.05) is 36.0 Å². The summed E-state index contributed by atoms with van der Waals surface area (Å²) in [6.07, 6.45) is -0.0301. The van der Waals surface area contributed by atoms with Crippen molar-refractivity contribution < 1.29 is 17.6 Å². The van der Waals surface area contributed by atoms with Crippen LogP contribution in [0.4, 0.5) is 24.9 Å². The van der Waals surface area contributed by atoms with Gasteiger partial charge in [0.15, 0.2) is 0 Å². The van der Waals surface area contributed by atoms with Gasteiger partial charge in [0.25, 0.3) is 0 Å². The Hall–Kier alpha value is -2.84. The van der Waals surface area contributed by atoms with Crippen molar-refractivity contribution in [2.45, 2.75) is 6.18 Å². The van der Waals surface area contributed by atoms with Gasteiger partial charge in [-0.2, -0.15) is 13.2 Å². The van der Waals surface area contributed by atoms with E-state index in [4.69, 9.17) is 4.42 Å². The molecule has 0 aliphatic carbocycles. The fourth-order valence-electron chi connectivity index (χ4n) is 2.91. The molecule has 4 rings (SSSR count).